The first-order chi connectivity index (χ1) is 14.5. The van der Waals surface area contributed by atoms with Crippen LogP contribution in [0, 0.1) is 20.8 Å². The molecule has 0 radical (unpaired) electrons. The molecule has 3 rings (SSSR count). The summed E-state index contributed by atoms with van der Waals surface area (Å²) in [6.45, 7) is 6.29. The number of hydrogen-bond donors (Lipinski definition) is 0. The fourth-order valence-electron chi connectivity index (χ4n) is 2.93. The number of nitrogens with zero attached hydrogens (tertiary/aromatic N) is 1. The second kappa shape index (κ2) is 9.78. The monoisotopic (exact) mass is 407 g/mol. The van der Waals surface area contributed by atoms with E-state index >= 15 is 0 Å². The minimum Gasteiger partial charge on any atom is -0.493 e. The Bertz CT molecular complexity index is 1030. The van der Waals surface area contributed by atoms with Crippen LogP contribution in [-0.2, 0) is 22.7 Å². The fraction of sp³-hybridized carbons (Fsp3) is 0.250. The van der Waals surface area contributed by atoms with E-state index in [-0.39, 0.29) is 6.61 Å². The van der Waals surface area contributed by atoms with Crippen LogP contribution in [0.3, 0.4) is 0 Å². The number of esters is 1. The first kappa shape index (κ1) is 21.2. The van der Waals surface area contributed by atoms with Gasteiger partial charge in [0.05, 0.1) is 18.4 Å². The summed E-state index contributed by atoms with van der Waals surface area (Å²) in [7, 11) is 1.57. The maximum Gasteiger partial charge on any atom is 0.331 e. The van der Waals surface area contributed by atoms with Crippen LogP contribution in [0.4, 0.5) is 0 Å². The van der Waals surface area contributed by atoms with Crippen molar-refractivity contribution in [3.05, 3.63) is 82.2 Å². The van der Waals surface area contributed by atoms with Crippen molar-refractivity contribution in [3.8, 4) is 11.5 Å². The summed E-state index contributed by atoms with van der Waals surface area (Å²) in [6, 6.07) is 13.3. The first-order valence-corrected chi connectivity index (χ1v) is 9.59. The summed E-state index contributed by atoms with van der Waals surface area (Å²) >= 11 is 0. The number of aromatic nitrogens is 1. The maximum atomic E-state index is 12.0. The summed E-state index contributed by atoms with van der Waals surface area (Å²) < 4.78 is 21.7. The van der Waals surface area contributed by atoms with Crippen molar-refractivity contribution < 1.29 is 23.5 Å². The summed E-state index contributed by atoms with van der Waals surface area (Å²) in [5.74, 6) is 1.48. The van der Waals surface area contributed by atoms with Gasteiger partial charge in [-0.05, 0) is 50.1 Å². The Morgan fingerprint density at radius 3 is 2.60 bits per heavy atom. The molecule has 0 bridgehead atoms. The standard InChI is InChI=1S/C24H25NO5/c1-16-6-5-7-20(12-16)14-29-24(26)11-9-19-8-10-22(23(13-19)27-4)28-15-21-17(2)25-30-18(21)3/h5-13H,14-15H2,1-4H3/b11-9+. The Kier molecular flexibility index (Phi) is 6.91. The van der Waals surface area contributed by atoms with E-state index in [1.165, 1.54) is 6.08 Å². The van der Waals surface area contributed by atoms with Crippen LogP contribution < -0.4 is 9.47 Å². The lowest BCUT2D eigenvalue weighted by molar-refractivity contribution is -0.138. The number of carbonyl (C=O) groups excluding carboxylic acids is 1. The molecule has 1 heterocycles. The predicted octanol–water partition coefficient (Wildman–Crippen LogP) is 4.94. The van der Waals surface area contributed by atoms with Gasteiger partial charge in [0.1, 0.15) is 19.0 Å². The lowest BCUT2D eigenvalue weighted by Gasteiger charge is -2.11. The van der Waals surface area contributed by atoms with E-state index in [0.717, 1.165) is 33.7 Å². The zero-order valence-corrected chi connectivity index (χ0v) is 17.6. The minimum absolute atomic E-state index is 0.239. The second-order valence-corrected chi connectivity index (χ2v) is 6.93. The molecule has 1 aromatic heterocycles. The molecule has 0 N–H and O–H groups in total. The second-order valence-electron chi connectivity index (χ2n) is 6.93. The molecule has 3 aromatic rings. The maximum absolute atomic E-state index is 12.0. The van der Waals surface area contributed by atoms with Crippen molar-refractivity contribution >= 4 is 12.0 Å². The number of methoxy groups -OCH3 is 1. The van der Waals surface area contributed by atoms with Crippen LogP contribution in [0.2, 0.25) is 0 Å². The SMILES string of the molecule is COc1cc(/C=C/C(=O)OCc2cccc(C)c2)ccc1OCc1c(C)noc1C. The summed E-state index contributed by atoms with van der Waals surface area (Å²) in [5.41, 5.74) is 4.60. The normalized spacial score (nSPS) is 10.9. The third-order valence-corrected chi connectivity index (χ3v) is 4.62. The number of hydrogen-bond acceptors (Lipinski definition) is 6. The molecule has 0 saturated heterocycles. The molecule has 6 nitrogen and oxygen atoms in total. The van der Waals surface area contributed by atoms with Crippen LogP contribution in [0.1, 0.15) is 33.7 Å². The van der Waals surface area contributed by atoms with Gasteiger partial charge in [-0.3, -0.25) is 0 Å². The molecule has 6 heteroatoms. The number of carbonyl (C=O) groups is 1. The summed E-state index contributed by atoms with van der Waals surface area (Å²) in [4.78, 5) is 12.0. The van der Waals surface area contributed by atoms with E-state index in [1.54, 1.807) is 25.3 Å². The zero-order chi connectivity index (χ0) is 21.5. The van der Waals surface area contributed by atoms with Gasteiger partial charge in [0, 0.05) is 6.08 Å². The Balaban J connectivity index is 1.60. The molecule has 2 aromatic carbocycles. The highest BCUT2D eigenvalue weighted by molar-refractivity contribution is 5.87. The highest BCUT2D eigenvalue weighted by Crippen LogP contribution is 2.30. The van der Waals surface area contributed by atoms with E-state index < -0.39 is 5.97 Å². The van der Waals surface area contributed by atoms with Crippen molar-refractivity contribution in [2.45, 2.75) is 34.0 Å². The third-order valence-electron chi connectivity index (χ3n) is 4.62. The highest BCUT2D eigenvalue weighted by atomic mass is 16.5. The topological polar surface area (TPSA) is 70.8 Å². The van der Waals surface area contributed by atoms with Crippen LogP contribution in [0.25, 0.3) is 6.08 Å². The largest absolute Gasteiger partial charge is 0.493 e. The molecule has 0 amide bonds. The molecule has 30 heavy (non-hydrogen) atoms. The Labute approximate surface area is 176 Å². The first-order valence-electron chi connectivity index (χ1n) is 9.59. The van der Waals surface area contributed by atoms with E-state index in [1.807, 2.05) is 51.1 Å². The van der Waals surface area contributed by atoms with Gasteiger partial charge in [-0.1, -0.05) is 41.1 Å². The van der Waals surface area contributed by atoms with Crippen LogP contribution in [-0.4, -0.2) is 18.2 Å². The van der Waals surface area contributed by atoms with Gasteiger partial charge in [-0.15, -0.1) is 0 Å². The average molecular weight is 407 g/mol. The van der Waals surface area contributed by atoms with E-state index in [0.29, 0.717) is 18.1 Å². The fourth-order valence-corrected chi connectivity index (χ4v) is 2.93. The molecular weight excluding hydrogens is 382 g/mol. The Morgan fingerprint density at radius 1 is 1.07 bits per heavy atom. The molecule has 0 aliphatic rings. The van der Waals surface area contributed by atoms with Crippen LogP contribution in [0.5, 0.6) is 11.5 Å². The quantitative estimate of drug-likeness (QED) is 0.389. The smallest absolute Gasteiger partial charge is 0.331 e. The average Bonchev–Trinajstić information content (AvgIpc) is 3.07. The Morgan fingerprint density at radius 2 is 1.90 bits per heavy atom. The van der Waals surface area contributed by atoms with Gasteiger partial charge in [-0.25, -0.2) is 4.79 Å². The van der Waals surface area contributed by atoms with Gasteiger partial charge in [-0.2, -0.15) is 0 Å². The molecule has 0 atom stereocenters. The van der Waals surface area contributed by atoms with Crippen LogP contribution in [0.15, 0.2) is 53.1 Å². The number of ether oxygens (including phenoxy) is 3. The summed E-state index contributed by atoms with van der Waals surface area (Å²) in [5, 5.41) is 3.93. The molecule has 0 saturated carbocycles. The van der Waals surface area contributed by atoms with Crippen molar-refractivity contribution in [1.29, 1.82) is 0 Å². The number of benzene rings is 2. The Hall–Kier alpha value is -3.54. The lowest BCUT2D eigenvalue weighted by Crippen LogP contribution is -2.01. The minimum atomic E-state index is -0.408. The van der Waals surface area contributed by atoms with Gasteiger partial charge in [0.15, 0.2) is 11.5 Å². The third kappa shape index (κ3) is 5.50. The summed E-state index contributed by atoms with van der Waals surface area (Å²) in [6.07, 6.45) is 3.08. The molecular formula is C24H25NO5. The predicted molar refractivity (Wildman–Crippen MR) is 113 cm³/mol. The number of aryl methyl sites for hydroxylation is 3. The van der Waals surface area contributed by atoms with E-state index in [4.69, 9.17) is 18.7 Å². The zero-order valence-electron chi connectivity index (χ0n) is 17.6. The lowest BCUT2D eigenvalue weighted by atomic mass is 10.1. The van der Waals surface area contributed by atoms with Crippen molar-refractivity contribution in [2.24, 2.45) is 0 Å². The number of rotatable bonds is 8. The molecule has 0 aliphatic carbocycles. The molecule has 0 fully saturated rings. The van der Waals surface area contributed by atoms with Gasteiger partial charge < -0.3 is 18.7 Å². The molecule has 156 valence electrons. The van der Waals surface area contributed by atoms with Crippen LogP contribution >= 0.6 is 0 Å². The van der Waals surface area contributed by atoms with Gasteiger partial charge >= 0.3 is 5.97 Å². The molecule has 0 unspecified atom stereocenters. The highest BCUT2D eigenvalue weighted by Gasteiger charge is 2.12. The molecule has 0 spiro atoms. The van der Waals surface area contributed by atoms with Gasteiger partial charge in [0.2, 0.25) is 0 Å². The molecule has 0 aliphatic heterocycles. The van der Waals surface area contributed by atoms with Gasteiger partial charge in [0.25, 0.3) is 0 Å². The van der Waals surface area contributed by atoms with E-state index in [9.17, 15) is 4.79 Å². The van der Waals surface area contributed by atoms with Crippen molar-refractivity contribution in [2.75, 3.05) is 7.11 Å². The van der Waals surface area contributed by atoms with Crippen molar-refractivity contribution in [1.82, 2.24) is 5.16 Å². The van der Waals surface area contributed by atoms with Crippen molar-refractivity contribution in [3.63, 3.8) is 0 Å². The van der Waals surface area contributed by atoms with E-state index in [2.05, 4.69) is 5.16 Å².